The van der Waals surface area contributed by atoms with E-state index >= 15 is 8.78 Å². The van der Waals surface area contributed by atoms with E-state index in [0.717, 1.165) is 0 Å². The van der Waals surface area contributed by atoms with Gasteiger partial charge in [0.25, 0.3) is 0 Å². The van der Waals surface area contributed by atoms with E-state index in [-0.39, 0.29) is 17.2 Å². The lowest BCUT2D eigenvalue weighted by molar-refractivity contribution is -0.216. The fourth-order valence-electron chi connectivity index (χ4n) is 3.29. The number of nitrogens with zero attached hydrogens (tertiary/aromatic N) is 2. The van der Waals surface area contributed by atoms with Crippen molar-refractivity contribution in [1.82, 2.24) is 15.1 Å². The highest BCUT2D eigenvalue weighted by Gasteiger charge is 2.64. The van der Waals surface area contributed by atoms with E-state index in [0.29, 0.717) is 11.3 Å². The van der Waals surface area contributed by atoms with Crippen LogP contribution < -0.4 is 5.32 Å². The Morgan fingerprint density at radius 2 is 1.92 bits per heavy atom. The van der Waals surface area contributed by atoms with E-state index in [1.54, 1.807) is 24.0 Å². The average Bonchev–Trinajstić information content (AvgIpc) is 2.96. The first-order valence-electron chi connectivity index (χ1n) is 8.11. The quantitative estimate of drug-likeness (QED) is 0.801. The van der Waals surface area contributed by atoms with Gasteiger partial charge in [0, 0.05) is 24.4 Å². The number of aryl methyl sites for hydroxylation is 1. The van der Waals surface area contributed by atoms with Gasteiger partial charge in [0.15, 0.2) is 0 Å². The number of thiocarbonyl (C=S) groups is 1. The van der Waals surface area contributed by atoms with Crippen molar-refractivity contribution in [2.75, 3.05) is 6.61 Å². The Morgan fingerprint density at radius 1 is 1.23 bits per heavy atom. The molecule has 1 unspecified atom stereocenters. The predicted molar refractivity (Wildman–Crippen MR) is 96.7 cm³/mol. The molecule has 0 aliphatic carbocycles. The maximum Gasteiger partial charge on any atom is 0.302 e. The van der Waals surface area contributed by atoms with E-state index in [1.165, 1.54) is 39.0 Å². The van der Waals surface area contributed by atoms with Gasteiger partial charge in [0.2, 0.25) is 0 Å². The van der Waals surface area contributed by atoms with Crippen LogP contribution in [0.2, 0.25) is 0 Å². The fourth-order valence-corrected chi connectivity index (χ4v) is 3.56. The third-order valence-electron chi connectivity index (χ3n) is 4.96. The van der Waals surface area contributed by atoms with Crippen molar-refractivity contribution < 1.29 is 17.9 Å². The molecule has 1 aromatic carbocycles. The van der Waals surface area contributed by atoms with E-state index in [2.05, 4.69) is 10.4 Å². The molecule has 1 aromatic heterocycles. The summed E-state index contributed by atoms with van der Waals surface area (Å²) in [6.45, 7) is 3.66. The topological polar surface area (TPSA) is 39.1 Å². The molecule has 1 aliphatic rings. The van der Waals surface area contributed by atoms with Crippen LogP contribution in [0.15, 0.2) is 30.5 Å². The lowest BCUT2D eigenvalue weighted by atomic mass is 9.77. The SMILES string of the molecule is Cn1nccc1-c1ccc(F)c(C2(C)NC(=S)COC(C)(C)C2(F)F)c1. The molecule has 0 saturated carbocycles. The number of ether oxygens (including phenoxy) is 1. The minimum absolute atomic E-state index is 0.100. The third-order valence-corrected chi connectivity index (χ3v) is 5.18. The van der Waals surface area contributed by atoms with Gasteiger partial charge in [0.1, 0.15) is 21.9 Å². The van der Waals surface area contributed by atoms with Crippen LogP contribution in [-0.4, -0.2) is 32.9 Å². The summed E-state index contributed by atoms with van der Waals surface area (Å²) in [5, 5.41) is 6.71. The van der Waals surface area contributed by atoms with E-state index < -0.39 is 22.9 Å². The van der Waals surface area contributed by atoms with Crippen LogP contribution in [0.4, 0.5) is 13.2 Å². The zero-order valence-corrected chi connectivity index (χ0v) is 15.8. The molecule has 1 fully saturated rings. The number of benzene rings is 1. The number of hydrogen-bond donors (Lipinski definition) is 1. The zero-order chi connectivity index (χ0) is 19.3. The van der Waals surface area contributed by atoms with Gasteiger partial charge in [-0.25, -0.2) is 13.2 Å². The van der Waals surface area contributed by atoms with Crippen LogP contribution in [0, 0.1) is 5.82 Å². The maximum absolute atomic E-state index is 15.5. The molecule has 8 heteroatoms. The second-order valence-corrected chi connectivity index (χ2v) is 7.57. The molecule has 1 N–H and O–H groups in total. The summed E-state index contributed by atoms with van der Waals surface area (Å²) in [5.41, 5.74) is -2.84. The van der Waals surface area contributed by atoms with Crippen molar-refractivity contribution in [1.29, 1.82) is 0 Å². The average molecular weight is 383 g/mol. The Morgan fingerprint density at radius 3 is 2.54 bits per heavy atom. The Kier molecular flexibility index (Phi) is 4.39. The van der Waals surface area contributed by atoms with Crippen LogP contribution in [0.3, 0.4) is 0 Å². The molecule has 2 heterocycles. The molecule has 0 spiro atoms. The summed E-state index contributed by atoms with van der Waals surface area (Å²) in [4.78, 5) is 0.100. The molecule has 1 aliphatic heterocycles. The van der Waals surface area contributed by atoms with E-state index in [1.807, 2.05) is 0 Å². The number of aromatic nitrogens is 2. The summed E-state index contributed by atoms with van der Waals surface area (Å²) >= 11 is 5.12. The van der Waals surface area contributed by atoms with Crippen molar-refractivity contribution >= 4 is 17.2 Å². The van der Waals surface area contributed by atoms with Crippen LogP contribution in [0.25, 0.3) is 11.3 Å². The number of alkyl halides is 2. The van der Waals surface area contributed by atoms with E-state index in [4.69, 9.17) is 17.0 Å². The molecule has 1 atom stereocenters. The van der Waals surface area contributed by atoms with Gasteiger partial charge >= 0.3 is 5.92 Å². The van der Waals surface area contributed by atoms with Gasteiger partial charge in [-0.15, -0.1) is 0 Å². The Hall–Kier alpha value is -1.93. The van der Waals surface area contributed by atoms with Crippen LogP contribution in [-0.2, 0) is 17.3 Å². The standard InChI is InChI=1S/C18H20F3N3OS/c1-16(2)18(20,21)17(3,23-15(26)10-25-16)12-9-11(5-6-13(12)19)14-7-8-22-24(14)4/h5-9H,10H2,1-4H3,(H,23,26). The molecule has 0 amide bonds. The van der Waals surface area contributed by atoms with Gasteiger partial charge in [-0.05, 0) is 45.0 Å². The highest BCUT2D eigenvalue weighted by Crippen LogP contribution is 2.48. The molecular weight excluding hydrogens is 363 g/mol. The smallest absolute Gasteiger partial charge is 0.302 e. The van der Waals surface area contributed by atoms with Crippen molar-refractivity contribution in [3.8, 4) is 11.3 Å². The summed E-state index contributed by atoms with van der Waals surface area (Å²) in [6.07, 6.45) is 1.59. The molecule has 26 heavy (non-hydrogen) atoms. The highest BCUT2D eigenvalue weighted by atomic mass is 32.1. The zero-order valence-electron chi connectivity index (χ0n) is 14.9. The first-order valence-corrected chi connectivity index (χ1v) is 8.51. The summed E-state index contributed by atoms with van der Waals surface area (Å²) in [5.74, 6) is -4.20. The first-order chi connectivity index (χ1) is 12.0. The van der Waals surface area contributed by atoms with Gasteiger partial charge in [-0.1, -0.05) is 12.2 Å². The minimum Gasteiger partial charge on any atom is -0.363 e. The van der Waals surface area contributed by atoms with Crippen molar-refractivity contribution in [2.45, 2.75) is 37.8 Å². The molecule has 2 aromatic rings. The maximum atomic E-state index is 15.5. The van der Waals surface area contributed by atoms with Gasteiger partial charge in [0.05, 0.1) is 12.3 Å². The molecule has 0 radical (unpaired) electrons. The summed E-state index contributed by atoms with van der Waals surface area (Å²) in [6, 6.07) is 5.86. The largest absolute Gasteiger partial charge is 0.363 e. The van der Waals surface area contributed by atoms with Crippen LogP contribution >= 0.6 is 12.2 Å². The predicted octanol–water partition coefficient (Wildman–Crippen LogP) is 3.80. The molecule has 3 rings (SSSR count). The van der Waals surface area contributed by atoms with Crippen molar-refractivity contribution in [3.63, 3.8) is 0 Å². The number of halogens is 3. The minimum atomic E-state index is -3.45. The molecule has 1 saturated heterocycles. The normalized spacial score (nSPS) is 24.8. The van der Waals surface area contributed by atoms with Gasteiger partial charge in [-0.2, -0.15) is 5.10 Å². The Labute approximate surface area is 155 Å². The number of rotatable bonds is 2. The summed E-state index contributed by atoms with van der Waals surface area (Å²) in [7, 11) is 1.73. The monoisotopic (exact) mass is 383 g/mol. The van der Waals surface area contributed by atoms with Crippen LogP contribution in [0.1, 0.15) is 26.3 Å². The molecule has 140 valence electrons. The lowest BCUT2D eigenvalue weighted by Crippen LogP contribution is -2.62. The molecular formula is C18H20F3N3OS. The second-order valence-electron chi connectivity index (χ2n) is 7.08. The second kappa shape index (κ2) is 6.06. The Bertz CT molecular complexity index is 865. The molecule has 4 nitrogen and oxygen atoms in total. The Balaban J connectivity index is 2.22. The van der Waals surface area contributed by atoms with Crippen LogP contribution in [0.5, 0.6) is 0 Å². The van der Waals surface area contributed by atoms with E-state index in [9.17, 15) is 4.39 Å². The first kappa shape index (κ1) is 18.8. The highest BCUT2D eigenvalue weighted by molar-refractivity contribution is 7.80. The fraction of sp³-hybridized carbons (Fsp3) is 0.444. The van der Waals surface area contributed by atoms with Gasteiger partial charge in [-0.3, -0.25) is 4.68 Å². The number of hydrogen-bond acceptors (Lipinski definition) is 3. The van der Waals surface area contributed by atoms with Crippen molar-refractivity contribution in [3.05, 3.63) is 41.8 Å². The molecule has 0 bridgehead atoms. The lowest BCUT2D eigenvalue weighted by Gasteiger charge is -2.44. The summed E-state index contributed by atoms with van der Waals surface area (Å²) < 4.78 is 52.5. The number of nitrogens with one attached hydrogen (secondary N) is 1. The van der Waals surface area contributed by atoms with Gasteiger partial charge < -0.3 is 10.1 Å². The van der Waals surface area contributed by atoms with Crippen molar-refractivity contribution in [2.24, 2.45) is 7.05 Å². The third kappa shape index (κ3) is 2.72.